The molecule has 0 heterocycles. The van der Waals surface area contributed by atoms with E-state index in [-0.39, 0.29) is 0 Å². The van der Waals surface area contributed by atoms with Gasteiger partial charge in [-0.1, -0.05) is 72.8 Å². The summed E-state index contributed by atoms with van der Waals surface area (Å²) in [5.74, 6) is 1.61. The van der Waals surface area contributed by atoms with E-state index in [1.165, 1.54) is 0 Å². The Bertz CT molecular complexity index is 1140. The van der Waals surface area contributed by atoms with Crippen molar-refractivity contribution in [2.24, 2.45) is 0 Å². The van der Waals surface area contributed by atoms with Gasteiger partial charge in [-0.05, 0) is 57.6 Å². The standard InChI is InChI=1S/C30H28O4/c1-31-23-17-13-21(14-18-23)29(33-3)25-9-5-7-11-27(25)30(34-4,28-12-8-6-10-26(28)29)22-15-19-24(32-2)20-16-22/h5-20H,1-4H3. The van der Waals surface area contributed by atoms with Gasteiger partial charge in [0.2, 0.25) is 0 Å². The van der Waals surface area contributed by atoms with Crippen molar-refractivity contribution in [1.29, 1.82) is 0 Å². The van der Waals surface area contributed by atoms with Gasteiger partial charge in [0.15, 0.2) is 0 Å². The fraction of sp³-hybridized carbons (Fsp3) is 0.200. The molecule has 0 aromatic heterocycles. The van der Waals surface area contributed by atoms with Gasteiger partial charge < -0.3 is 18.9 Å². The number of fused-ring (bicyclic) bond motifs is 2. The summed E-state index contributed by atoms with van der Waals surface area (Å²) >= 11 is 0. The van der Waals surface area contributed by atoms with E-state index in [2.05, 4.69) is 72.8 Å². The summed E-state index contributed by atoms with van der Waals surface area (Å²) < 4.78 is 23.8. The molecule has 0 spiro atoms. The Labute approximate surface area is 200 Å². The van der Waals surface area contributed by atoms with E-state index >= 15 is 0 Å². The number of benzene rings is 4. The molecule has 0 aliphatic heterocycles. The summed E-state index contributed by atoms with van der Waals surface area (Å²) in [5.41, 5.74) is 4.59. The van der Waals surface area contributed by atoms with E-state index < -0.39 is 11.2 Å². The molecule has 0 unspecified atom stereocenters. The fourth-order valence-corrected chi connectivity index (χ4v) is 5.43. The fourth-order valence-electron chi connectivity index (χ4n) is 5.43. The number of hydrogen-bond acceptors (Lipinski definition) is 4. The third kappa shape index (κ3) is 2.99. The lowest BCUT2D eigenvalue weighted by Crippen LogP contribution is -2.46. The Balaban J connectivity index is 1.87. The molecule has 172 valence electrons. The lowest BCUT2D eigenvalue weighted by molar-refractivity contribution is 0.0167. The lowest BCUT2D eigenvalue weighted by atomic mass is 9.63. The quantitative estimate of drug-likeness (QED) is 0.365. The molecular weight excluding hydrogens is 424 g/mol. The zero-order chi connectivity index (χ0) is 23.8. The summed E-state index contributed by atoms with van der Waals surface area (Å²) in [5, 5.41) is 0. The van der Waals surface area contributed by atoms with Crippen LogP contribution in [0.15, 0.2) is 97.1 Å². The second kappa shape index (κ2) is 8.64. The predicted octanol–water partition coefficient (Wildman–Crippen LogP) is 5.89. The van der Waals surface area contributed by atoms with Crippen molar-refractivity contribution < 1.29 is 18.9 Å². The highest BCUT2D eigenvalue weighted by atomic mass is 16.5. The van der Waals surface area contributed by atoms with Gasteiger partial charge in [0.1, 0.15) is 22.7 Å². The maximum absolute atomic E-state index is 6.49. The van der Waals surface area contributed by atoms with E-state index in [9.17, 15) is 0 Å². The molecule has 0 bridgehead atoms. The molecule has 0 saturated carbocycles. The first-order chi connectivity index (χ1) is 16.6. The SMILES string of the molecule is COc1ccc(C2(OC)c3ccccc3C(OC)(c3ccc(OC)cc3)c3ccccc32)cc1. The van der Waals surface area contributed by atoms with E-state index in [4.69, 9.17) is 18.9 Å². The highest BCUT2D eigenvalue weighted by Crippen LogP contribution is 2.55. The van der Waals surface area contributed by atoms with Crippen molar-refractivity contribution in [2.45, 2.75) is 11.2 Å². The minimum atomic E-state index is -0.812. The zero-order valence-electron chi connectivity index (χ0n) is 19.9. The Kier molecular flexibility index (Phi) is 5.64. The summed E-state index contributed by atoms with van der Waals surface area (Å²) in [6.45, 7) is 0. The number of rotatable bonds is 6. The highest BCUT2D eigenvalue weighted by Gasteiger charge is 2.53. The predicted molar refractivity (Wildman–Crippen MR) is 133 cm³/mol. The summed E-state index contributed by atoms with van der Waals surface area (Å²) in [6, 6.07) is 32.9. The molecule has 4 nitrogen and oxygen atoms in total. The molecule has 0 fully saturated rings. The van der Waals surface area contributed by atoms with Crippen molar-refractivity contribution in [3.05, 3.63) is 130 Å². The van der Waals surface area contributed by atoms with Crippen LogP contribution in [0.5, 0.6) is 11.5 Å². The van der Waals surface area contributed by atoms with Crippen LogP contribution in [-0.4, -0.2) is 28.4 Å². The molecule has 34 heavy (non-hydrogen) atoms. The smallest absolute Gasteiger partial charge is 0.144 e. The minimum absolute atomic E-state index is 0.803. The topological polar surface area (TPSA) is 36.9 Å². The molecular formula is C30H28O4. The first-order valence-electron chi connectivity index (χ1n) is 11.2. The van der Waals surface area contributed by atoms with Crippen LogP contribution in [0.1, 0.15) is 33.4 Å². The third-order valence-corrected chi connectivity index (χ3v) is 6.98. The van der Waals surface area contributed by atoms with Gasteiger partial charge in [-0.3, -0.25) is 0 Å². The minimum Gasteiger partial charge on any atom is -0.497 e. The first kappa shape index (κ1) is 22.2. The average Bonchev–Trinajstić information content (AvgIpc) is 2.92. The van der Waals surface area contributed by atoms with Crippen LogP contribution in [0.4, 0.5) is 0 Å². The molecule has 4 aromatic rings. The van der Waals surface area contributed by atoms with Crippen LogP contribution < -0.4 is 9.47 Å². The second-order valence-electron chi connectivity index (χ2n) is 8.32. The maximum Gasteiger partial charge on any atom is 0.144 e. The van der Waals surface area contributed by atoms with Crippen LogP contribution >= 0.6 is 0 Å². The Morgan fingerprint density at radius 1 is 0.412 bits per heavy atom. The van der Waals surface area contributed by atoms with Crippen molar-refractivity contribution in [3.63, 3.8) is 0 Å². The molecule has 1 aliphatic rings. The van der Waals surface area contributed by atoms with Crippen molar-refractivity contribution in [1.82, 2.24) is 0 Å². The van der Waals surface area contributed by atoms with E-state index in [0.29, 0.717) is 0 Å². The first-order valence-corrected chi connectivity index (χ1v) is 11.2. The van der Waals surface area contributed by atoms with Crippen LogP contribution in [0.3, 0.4) is 0 Å². The molecule has 0 saturated heterocycles. The van der Waals surface area contributed by atoms with Crippen LogP contribution in [0, 0.1) is 0 Å². The van der Waals surface area contributed by atoms with Gasteiger partial charge in [0.25, 0.3) is 0 Å². The van der Waals surface area contributed by atoms with Gasteiger partial charge in [-0.15, -0.1) is 0 Å². The Hall–Kier alpha value is -3.60. The monoisotopic (exact) mass is 452 g/mol. The van der Waals surface area contributed by atoms with E-state index in [1.807, 2.05) is 24.3 Å². The van der Waals surface area contributed by atoms with Gasteiger partial charge in [0.05, 0.1) is 14.2 Å². The largest absolute Gasteiger partial charge is 0.497 e. The van der Waals surface area contributed by atoms with Gasteiger partial charge in [0, 0.05) is 14.2 Å². The molecule has 0 N–H and O–H groups in total. The van der Waals surface area contributed by atoms with E-state index in [1.54, 1.807) is 28.4 Å². The van der Waals surface area contributed by atoms with Crippen molar-refractivity contribution in [2.75, 3.05) is 28.4 Å². The van der Waals surface area contributed by atoms with Crippen molar-refractivity contribution in [3.8, 4) is 11.5 Å². The average molecular weight is 453 g/mol. The zero-order valence-corrected chi connectivity index (χ0v) is 19.9. The molecule has 1 aliphatic carbocycles. The molecule has 4 heteroatoms. The molecule has 4 aromatic carbocycles. The maximum atomic E-state index is 6.49. The molecule has 0 amide bonds. The lowest BCUT2D eigenvalue weighted by Gasteiger charge is -2.48. The molecule has 0 atom stereocenters. The van der Waals surface area contributed by atoms with Crippen LogP contribution in [0.25, 0.3) is 0 Å². The van der Waals surface area contributed by atoms with Gasteiger partial charge in [-0.25, -0.2) is 0 Å². The van der Waals surface area contributed by atoms with Crippen LogP contribution in [-0.2, 0) is 20.7 Å². The third-order valence-electron chi connectivity index (χ3n) is 6.98. The molecule has 5 rings (SSSR count). The highest BCUT2D eigenvalue weighted by molar-refractivity contribution is 5.65. The summed E-state index contributed by atoms with van der Waals surface area (Å²) in [6.07, 6.45) is 0. The Morgan fingerprint density at radius 2 is 0.706 bits per heavy atom. The van der Waals surface area contributed by atoms with Crippen molar-refractivity contribution >= 4 is 0 Å². The summed E-state index contributed by atoms with van der Waals surface area (Å²) in [7, 11) is 6.89. The van der Waals surface area contributed by atoms with E-state index in [0.717, 1.165) is 44.9 Å². The number of hydrogen-bond donors (Lipinski definition) is 0. The Morgan fingerprint density at radius 3 is 0.941 bits per heavy atom. The van der Waals surface area contributed by atoms with Gasteiger partial charge in [-0.2, -0.15) is 0 Å². The van der Waals surface area contributed by atoms with Gasteiger partial charge >= 0.3 is 0 Å². The normalized spacial score (nSPS) is 20.8. The second-order valence-corrected chi connectivity index (χ2v) is 8.32. The number of ether oxygens (including phenoxy) is 4. The summed E-state index contributed by atoms with van der Waals surface area (Å²) in [4.78, 5) is 0. The number of methoxy groups -OCH3 is 4. The van der Waals surface area contributed by atoms with Crippen LogP contribution in [0.2, 0.25) is 0 Å². The molecule has 0 radical (unpaired) electrons.